The number of rotatable bonds is 4. The molecule has 8 bridgehead atoms. The molecule has 0 aliphatic carbocycles. The Morgan fingerprint density at radius 3 is 1.42 bits per heavy atom. The van der Waals surface area contributed by atoms with Crippen LogP contribution >= 0.6 is 38.6 Å². The van der Waals surface area contributed by atoms with E-state index in [2.05, 4.69) is 167 Å². The summed E-state index contributed by atoms with van der Waals surface area (Å²) in [6.45, 7) is 6.57. The van der Waals surface area contributed by atoms with E-state index >= 15 is 0 Å². The highest BCUT2D eigenvalue weighted by atomic mass is 79.9. The SMILES string of the molecule is Cc1cc(C)c(-c2c3nc(c(-c4cccs4)c4ccc([nH]4)c(-c4ccc(Br)cc4)c4nc(c(-c5cccs5)c5ccc2[nH]5)C=C4)C=C3)c(C)c1. The number of aryl methyl sites for hydroxylation is 3. The summed E-state index contributed by atoms with van der Waals surface area (Å²) in [7, 11) is 0. The number of hydrogen-bond donors (Lipinski definition) is 2. The number of nitrogens with zero attached hydrogens (tertiary/aromatic N) is 2. The molecule has 2 aromatic carbocycles. The number of fused-ring (bicyclic) bond motifs is 8. The third-order valence-electron chi connectivity index (χ3n) is 9.35. The van der Waals surface area contributed by atoms with Gasteiger partial charge in [0.1, 0.15) is 0 Å². The fourth-order valence-corrected chi connectivity index (χ4v) is 9.17. The average molecular weight is 748 g/mol. The quantitative estimate of drug-likeness (QED) is 0.188. The van der Waals surface area contributed by atoms with E-state index in [9.17, 15) is 0 Å². The van der Waals surface area contributed by atoms with Crippen molar-refractivity contribution in [3.05, 3.63) is 140 Å². The van der Waals surface area contributed by atoms with E-state index in [0.29, 0.717) is 0 Å². The first kappa shape index (κ1) is 30.9. The molecule has 0 spiro atoms. The summed E-state index contributed by atoms with van der Waals surface area (Å²) in [5, 5.41) is 4.26. The van der Waals surface area contributed by atoms with E-state index in [-0.39, 0.29) is 0 Å². The predicted octanol–water partition coefficient (Wildman–Crippen LogP) is 13.1. The molecule has 0 fully saturated rings. The largest absolute Gasteiger partial charge is 0.354 e. The number of aromatic amines is 2. The maximum Gasteiger partial charge on any atom is 0.0745 e. The molecule has 0 saturated heterocycles. The van der Waals surface area contributed by atoms with Crippen LogP contribution in [0.15, 0.2) is 100 Å². The number of benzene rings is 2. The lowest BCUT2D eigenvalue weighted by Crippen LogP contribution is -1.94. The lowest BCUT2D eigenvalue weighted by molar-refractivity contribution is 1.28. The summed E-state index contributed by atoms with van der Waals surface area (Å²) in [4.78, 5) is 20.8. The molecule has 2 aliphatic rings. The van der Waals surface area contributed by atoms with Crippen LogP contribution in [-0.2, 0) is 0 Å². The molecule has 0 amide bonds. The lowest BCUT2D eigenvalue weighted by atomic mass is 9.92. The number of nitrogens with one attached hydrogen (secondary N) is 2. The monoisotopic (exact) mass is 746 g/mol. The smallest absolute Gasteiger partial charge is 0.0745 e. The van der Waals surface area contributed by atoms with Gasteiger partial charge in [0.2, 0.25) is 0 Å². The fraction of sp³-hybridized carbons (Fsp3) is 0.0698. The molecule has 5 aromatic heterocycles. The van der Waals surface area contributed by atoms with Crippen molar-refractivity contribution < 1.29 is 0 Å². The van der Waals surface area contributed by atoms with Crippen LogP contribution in [0.1, 0.15) is 39.5 Å². The molecule has 0 radical (unpaired) electrons. The standard InChI is InChI=1S/C43H31BrN4S2/c1-24-22-25(2)39(26(3)23-24)43-35-18-16-33(47-35)41(37-6-4-20-49-37)31-14-12-29(45-31)40(27-8-10-28(44)11-9-27)30-13-15-32(46-30)42(38-7-5-21-50-38)34-17-19-36(43)48-34/h4-23,45,48H,1-3H3. The maximum atomic E-state index is 5.44. The van der Waals surface area contributed by atoms with E-state index < -0.39 is 0 Å². The number of thiophene rings is 2. The van der Waals surface area contributed by atoms with Crippen LogP contribution in [0, 0.1) is 20.8 Å². The van der Waals surface area contributed by atoms with E-state index in [0.717, 1.165) is 86.9 Å². The van der Waals surface area contributed by atoms with Gasteiger partial charge in [0.25, 0.3) is 0 Å². The summed E-state index contributed by atoms with van der Waals surface area (Å²) in [6, 6.07) is 30.3. The number of hydrogen-bond acceptors (Lipinski definition) is 4. The first-order chi connectivity index (χ1) is 24.4. The predicted molar refractivity (Wildman–Crippen MR) is 218 cm³/mol. The highest BCUT2D eigenvalue weighted by molar-refractivity contribution is 9.10. The van der Waals surface area contributed by atoms with Gasteiger partial charge < -0.3 is 9.97 Å². The zero-order chi connectivity index (χ0) is 33.9. The Bertz CT molecular complexity index is 2620. The molecule has 4 nitrogen and oxygen atoms in total. The van der Waals surface area contributed by atoms with Gasteiger partial charge in [0, 0.05) is 58.5 Å². The normalized spacial score (nSPS) is 12.2. The minimum Gasteiger partial charge on any atom is -0.354 e. The summed E-state index contributed by atoms with van der Waals surface area (Å²) < 4.78 is 1.04. The second kappa shape index (κ2) is 12.4. The second-order valence-corrected chi connectivity index (χ2v) is 15.5. The van der Waals surface area contributed by atoms with Crippen LogP contribution < -0.4 is 0 Å². The molecule has 2 aliphatic heterocycles. The molecule has 7 heterocycles. The summed E-state index contributed by atoms with van der Waals surface area (Å²) in [5.41, 5.74) is 18.0. The van der Waals surface area contributed by atoms with Gasteiger partial charge in [-0.15, -0.1) is 22.7 Å². The molecule has 50 heavy (non-hydrogen) atoms. The van der Waals surface area contributed by atoms with Crippen LogP contribution in [0.4, 0.5) is 0 Å². The molecule has 0 atom stereocenters. The van der Waals surface area contributed by atoms with Crippen molar-refractivity contribution in [2.24, 2.45) is 0 Å². The molecule has 0 saturated carbocycles. The Kier molecular flexibility index (Phi) is 7.65. The first-order valence-electron chi connectivity index (χ1n) is 16.5. The van der Waals surface area contributed by atoms with Crippen molar-refractivity contribution in [2.75, 3.05) is 0 Å². The zero-order valence-electron chi connectivity index (χ0n) is 27.6. The second-order valence-electron chi connectivity index (χ2n) is 12.7. The van der Waals surface area contributed by atoms with Crippen LogP contribution in [-0.4, -0.2) is 19.9 Å². The van der Waals surface area contributed by atoms with Gasteiger partial charge in [-0.3, -0.25) is 0 Å². The van der Waals surface area contributed by atoms with E-state index in [4.69, 9.17) is 9.97 Å². The van der Waals surface area contributed by atoms with Gasteiger partial charge in [-0.2, -0.15) is 0 Å². The van der Waals surface area contributed by atoms with Gasteiger partial charge in [0.05, 0.1) is 22.8 Å². The van der Waals surface area contributed by atoms with Crippen molar-refractivity contribution >= 4 is 85.0 Å². The summed E-state index contributed by atoms with van der Waals surface area (Å²) in [6.07, 6.45) is 8.64. The Morgan fingerprint density at radius 1 is 0.500 bits per heavy atom. The minimum absolute atomic E-state index is 0.910. The van der Waals surface area contributed by atoms with Crippen molar-refractivity contribution in [2.45, 2.75) is 20.8 Å². The van der Waals surface area contributed by atoms with Crippen LogP contribution in [0.3, 0.4) is 0 Å². The number of halogens is 1. The Morgan fingerprint density at radius 2 is 0.940 bits per heavy atom. The molecule has 7 aromatic rings. The number of aromatic nitrogens is 4. The summed E-state index contributed by atoms with van der Waals surface area (Å²) >= 11 is 7.08. The van der Waals surface area contributed by atoms with Gasteiger partial charge >= 0.3 is 0 Å². The minimum atomic E-state index is 0.910. The molecule has 7 heteroatoms. The Balaban J connectivity index is 1.49. The lowest BCUT2D eigenvalue weighted by Gasteiger charge is -2.13. The van der Waals surface area contributed by atoms with Crippen molar-refractivity contribution in [3.63, 3.8) is 0 Å². The highest BCUT2D eigenvalue weighted by Crippen LogP contribution is 2.41. The van der Waals surface area contributed by atoms with Crippen molar-refractivity contribution in [1.82, 2.24) is 19.9 Å². The molecular weight excluding hydrogens is 717 g/mol. The fourth-order valence-electron chi connectivity index (χ4n) is 7.32. The topological polar surface area (TPSA) is 57.4 Å². The van der Waals surface area contributed by atoms with E-state index in [1.54, 1.807) is 22.7 Å². The maximum absolute atomic E-state index is 5.44. The molecule has 0 unspecified atom stereocenters. The third-order valence-corrected chi connectivity index (χ3v) is 11.7. The number of H-pyrrole nitrogens is 2. The van der Waals surface area contributed by atoms with Crippen LogP contribution in [0.25, 0.3) is 89.5 Å². The van der Waals surface area contributed by atoms with Crippen molar-refractivity contribution in [1.29, 1.82) is 0 Å². The van der Waals surface area contributed by atoms with Gasteiger partial charge in [-0.1, -0.05) is 57.9 Å². The summed E-state index contributed by atoms with van der Waals surface area (Å²) in [5.74, 6) is 0. The van der Waals surface area contributed by atoms with Gasteiger partial charge in [-0.05, 0) is 127 Å². The first-order valence-corrected chi connectivity index (χ1v) is 19.0. The molecule has 242 valence electrons. The third kappa shape index (κ3) is 5.33. The highest BCUT2D eigenvalue weighted by Gasteiger charge is 2.20. The molecular formula is C43H31BrN4S2. The Hall–Kier alpha value is -5.08. The van der Waals surface area contributed by atoms with Crippen LogP contribution in [0.5, 0.6) is 0 Å². The zero-order valence-corrected chi connectivity index (χ0v) is 30.9. The van der Waals surface area contributed by atoms with Gasteiger partial charge in [-0.25, -0.2) is 9.97 Å². The molecule has 2 N–H and O–H groups in total. The Labute approximate surface area is 306 Å². The average Bonchev–Trinajstić information content (AvgIpc) is 3.95. The molecule has 9 rings (SSSR count). The van der Waals surface area contributed by atoms with Crippen LogP contribution in [0.2, 0.25) is 0 Å². The van der Waals surface area contributed by atoms with Crippen molar-refractivity contribution in [3.8, 4) is 43.1 Å². The van der Waals surface area contributed by atoms with E-state index in [1.165, 1.54) is 22.3 Å². The van der Waals surface area contributed by atoms with E-state index in [1.807, 2.05) is 0 Å². The van der Waals surface area contributed by atoms with Gasteiger partial charge in [0.15, 0.2) is 0 Å².